The Bertz CT molecular complexity index is 1190. The summed E-state index contributed by atoms with van der Waals surface area (Å²) in [5.74, 6) is 0.816. The summed E-state index contributed by atoms with van der Waals surface area (Å²) in [5, 5.41) is 10.3. The lowest BCUT2D eigenvalue weighted by Crippen LogP contribution is -2.19. The van der Waals surface area contributed by atoms with E-state index in [2.05, 4.69) is 31.7 Å². The van der Waals surface area contributed by atoms with E-state index in [1.165, 1.54) is 0 Å². The molecule has 0 aliphatic carbocycles. The molecule has 0 atom stereocenters. The van der Waals surface area contributed by atoms with E-state index in [4.69, 9.17) is 15.0 Å². The van der Waals surface area contributed by atoms with Crippen LogP contribution < -0.4 is 21.1 Å². The lowest BCUT2D eigenvalue weighted by molar-refractivity contribution is 0.262. The lowest BCUT2D eigenvalue weighted by Gasteiger charge is -2.10. The minimum absolute atomic E-state index is 0.226. The Morgan fingerprint density at radius 1 is 1.07 bits per heavy atom. The van der Waals surface area contributed by atoms with Crippen LogP contribution in [0.2, 0.25) is 0 Å². The molecule has 0 bridgehead atoms. The summed E-state index contributed by atoms with van der Waals surface area (Å²) in [7, 11) is 1.57. The van der Waals surface area contributed by atoms with Crippen LogP contribution in [0.15, 0.2) is 69.7 Å². The van der Waals surface area contributed by atoms with Crippen LogP contribution >= 0.6 is 15.9 Å². The van der Waals surface area contributed by atoms with E-state index < -0.39 is 0 Å². The second-order valence-corrected chi connectivity index (χ2v) is 7.17. The number of ether oxygens (including phenoxy) is 1. The van der Waals surface area contributed by atoms with Gasteiger partial charge in [0.15, 0.2) is 5.52 Å². The molecular formula is C21H17BrN4O3. The van der Waals surface area contributed by atoms with Gasteiger partial charge < -0.3 is 25.6 Å². The number of benzene rings is 3. The number of hydrogen-bond acceptors (Lipinski definition) is 5. The number of rotatable bonds is 4. The fraction of sp³-hybridized carbons (Fsp3) is 0.0476. The van der Waals surface area contributed by atoms with Crippen LogP contribution in [0.5, 0.6) is 5.75 Å². The van der Waals surface area contributed by atoms with Crippen LogP contribution in [0.1, 0.15) is 0 Å². The molecule has 0 unspecified atom stereocenters. The average molecular weight is 453 g/mol. The minimum atomic E-state index is -0.328. The van der Waals surface area contributed by atoms with Crippen LogP contribution in [-0.4, -0.2) is 18.3 Å². The monoisotopic (exact) mass is 452 g/mol. The number of urea groups is 1. The van der Waals surface area contributed by atoms with Gasteiger partial charge in [0.1, 0.15) is 5.75 Å². The lowest BCUT2D eigenvalue weighted by atomic mass is 10.0. The van der Waals surface area contributed by atoms with Crippen LogP contribution in [0.4, 0.5) is 22.1 Å². The molecule has 3 aromatic carbocycles. The van der Waals surface area contributed by atoms with Gasteiger partial charge in [0, 0.05) is 15.8 Å². The third kappa shape index (κ3) is 3.88. The predicted molar refractivity (Wildman–Crippen MR) is 117 cm³/mol. The largest absolute Gasteiger partial charge is 0.494 e. The highest BCUT2D eigenvalue weighted by Gasteiger charge is 2.16. The number of methoxy groups -OCH3 is 1. The van der Waals surface area contributed by atoms with E-state index in [0.29, 0.717) is 28.0 Å². The number of carbonyl (C=O) groups is 1. The average Bonchev–Trinajstić information content (AvgIpc) is 3.10. The van der Waals surface area contributed by atoms with Crippen LogP contribution in [0.25, 0.3) is 22.0 Å². The second-order valence-electron chi connectivity index (χ2n) is 6.25. The van der Waals surface area contributed by atoms with E-state index in [1.54, 1.807) is 7.11 Å². The summed E-state index contributed by atoms with van der Waals surface area (Å²) >= 11 is 3.38. The zero-order chi connectivity index (χ0) is 20.4. The smallest absolute Gasteiger partial charge is 0.323 e. The van der Waals surface area contributed by atoms with Gasteiger partial charge in [0.25, 0.3) is 0 Å². The van der Waals surface area contributed by atoms with E-state index in [1.807, 2.05) is 60.7 Å². The summed E-state index contributed by atoms with van der Waals surface area (Å²) in [6, 6.07) is 18.2. The Labute approximate surface area is 175 Å². The fourth-order valence-electron chi connectivity index (χ4n) is 3.05. The van der Waals surface area contributed by atoms with Crippen molar-refractivity contribution in [2.45, 2.75) is 0 Å². The number of nitrogens with one attached hydrogen (secondary N) is 2. The second kappa shape index (κ2) is 7.84. The van der Waals surface area contributed by atoms with Gasteiger partial charge in [-0.25, -0.2) is 4.79 Å². The van der Waals surface area contributed by atoms with Gasteiger partial charge in [-0.05, 0) is 53.6 Å². The maximum atomic E-state index is 12.2. The molecule has 1 aromatic heterocycles. The van der Waals surface area contributed by atoms with Gasteiger partial charge in [0.05, 0.1) is 12.5 Å². The summed E-state index contributed by atoms with van der Waals surface area (Å²) < 4.78 is 11.3. The van der Waals surface area contributed by atoms with Crippen molar-refractivity contribution in [2.24, 2.45) is 0 Å². The molecule has 7 nitrogen and oxygen atoms in total. The van der Waals surface area contributed by atoms with Crippen LogP contribution in [0.3, 0.4) is 0 Å². The molecule has 4 N–H and O–H groups in total. The molecule has 0 aliphatic heterocycles. The molecule has 2 amide bonds. The van der Waals surface area contributed by atoms with E-state index in [9.17, 15) is 4.79 Å². The van der Waals surface area contributed by atoms with Crippen molar-refractivity contribution in [3.63, 3.8) is 0 Å². The van der Waals surface area contributed by atoms with Crippen LogP contribution in [0, 0.1) is 0 Å². The van der Waals surface area contributed by atoms with Gasteiger partial charge in [-0.1, -0.05) is 39.3 Å². The number of hydrogen-bond donors (Lipinski definition) is 3. The molecule has 146 valence electrons. The first-order chi connectivity index (χ1) is 14.0. The van der Waals surface area contributed by atoms with Crippen molar-refractivity contribution in [1.29, 1.82) is 0 Å². The quantitative estimate of drug-likeness (QED) is 0.379. The first kappa shape index (κ1) is 18.8. The summed E-state index contributed by atoms with van der Waals surface area (Å²) in [6.07, 6.45) is 0. The standard InChI is InChI=1S/C21H17BrN4O3/c1-28-17-10-9-16(18-19(17)26-29-20(18)23)12-5-7-14(8-6-12)24-21(27)25-15-4-2-3-13(22)11-15/h2-11H,23H2,1H3,(H2,24,25,27). The van der Waals surface area contributed by atoms with Crippen molar-refractivity contribution in [3.05, 3.63) is 65.1 Å². The first-order valence-corrected chi connectivity index (χ1v) is 9.50. The molecule has 29 heavy (non-hydrogen) atoms. The van der Waals surface area contributed by atoms with Gasteiger partial charge in [-0.15, -0.1) is 0 Å². The van der Waals surface area contributed by atoms with Crippen molar-refractivity contribution in [2.75, 3.05) is 23.5 Å². The Kier molecular flexibility index (Phi) is 5.09. The summed E-state index contributed by atoms with van der Waals surface area (Å²) in [6.45, 7) is 0. The molecule has 0 saturated heterocycles. The number of carbonyl (C=O) groups excluding carboxylic acids is 1. The maximum absolute atomic E-state index is 12.2. The Balaban J connectivity index is 1.55. The zero-order valence-corrected chi connectivity index (χ0v) is 17.0. The van der Waals surface area contributed by atoms with E-state index in [0.717, 1.165) is 15.6 Å². The number of anilines is 3. The highest BCUT2D eigenvalue weighted by atomic mass is 79.9. The maximum Gasteiger partial charge on any atom is 0.323 e. The van der Waals surface area contributed by atoms with Gasteiger partial charge in [-0.2, -0.15) is 0 Å². The Hall–Kier alpha value is -3.52. The van der Waals surface area contributed by atoms with Gasteiger partial charge in [0.2, 0.25) is 5.88 Å². The van der Waals surface area contributed by atoms with Crippen molar-refractivity contribution < 1.29 is 14.1 Å². The third-order valence-corrected chi connectivity index (χ3v) is 4.87. The minimum Gasteiger partial charge on any atom is -0.494 e. The molecule has 0 aliphatic rings. The Morgan fingerprint density at radius 3 is 2.55 bits per heavy atom. The Morgan fingerprint density at radius 2 is 1.83 bits per heavy atom. The van der Waals surface area contributed by atoms with Gasteiger partial charge >= 0.3 is 6.03 Å². The number of nitrogens with two attached hydrogens (primary N) is 1. The molecule has 0 fully saturated rings. The number of nitrogen functional groups attached to an aromatic ring is 1. The van der Waals surface area contributed by atoms with Crippen molar-refractivity contribution >= 4 is 50.1 Å². The zero-order valence-electron chi connectivity index (χ0n) is 15.4. The predicted octanol–water partition coefficient (Wildman–Crippen LogP) is 5.49. The molecule has 0 spiro atoms. The molecule has 8 heteroatoms. The van der Waals surface area contributed by atoms with Crippen LogP contribution in [-0.2, 0) is 0 Å². The summed E-state index contributed by atoms with van der Waals surface area (Å²) in [5.41, 5.74) is 9.65. The van der Waals surface area contributed by atoms with Crippen molar-refractivity contribution in [3.8, 4) is 16.9 Å². The highest BCUT2D eigenvalue weighted by molar-refractivity contribution is 9.10. The highest BCUT2D eigenvalue weighted by Crippen LogP contribution is 2.37. The fourth-order valence-corrected chi connectivity index (χ4v) is 3.45. The molecule has 0 saturated carbocycles. The number of aromatic nitrogens is 1. The molecule has 4 aromatic rings. The molecule has 1 heterocycles. The van der Waals surface area contributed by atoms with E-state index in [-0.39, 0.29) is 11.9 Å². The summed E-state index contributed by atoms with van der Waals surface area (Å²) in [4.78, 5) is 12.2. The molecular weight excluding hydrogens is 436 g/mol. The number of halogens is 1. The number of fused-ring (bicyclic) bond motifs is 1. The third-order valence-electron chi connectivity index (χ3n) is 4.38. The van der Waals surface area contributed by atoms with Crippen molar-refractivity contribution in [1.82, 2.24) is 5.16 Å². The normalized spacial score (nSPS) is 10.7. The SMILES string of the molecule is COc1ccc(-c2ccc(NC(=O)Nc3cccc(Br)c3)cc2)c2c(N)onc12. The number of amides is 2. The molecule has 0 radical (unpaired) electrons. The number of nitrogens with zero attached hydrogens (tertiary/aromatic N) is 1. The van der Waals surface area contributed by atoms with E-state index >= 15 is 0 Å². The first-order valence-electron chi connectivity index (χ1n) is 8.71. The van der Waals surface area contributed by atoms with Gasteiger partial charge in [-0.3, -0.25) is 0 Å². The topological polar surface area (TPSA) is 102 Å². The molecule has 4 rings (SSSR count).